The molecule has 31 heavy (non-hydrogen) atoms. The zero-order valence-corrected chi connectivity index (χ0v) is 18.7. The predicted molar refractivity (Wildman–Crippen MR) is 118 cm³/mol. The lowest BCUT2D eigenvalue weighted by molar-refractivity contribution is -0.384. The van der Waals surface area contributed by atoms with Crippen LogP contribution in [0.1, 0.15) is 12.8 Å². The molecule has 1 aliphatic rings. The van der Waals surface area contributed by atoms with Crippen LogP contribution in [-0.2, 0) is 14.8 Å². The van der Waals surface area contributed by atoms with Crippen molar-refractivity contribution < 1.29 is 22.9 Å². The van der Waals surface area contributed by atoms with E-state index in [0.717, 1.165) is 0 Å². The molecule has 0 atom stereocenters. The largest absolute Gasteiger partial charge is 0.495 e. The molecular formula is C20H23N3O6S2. The van der Waals surface area contributed by atoms with Gasteiger partial charge in [0, 0.05) is 36.0 Å². The molecule has 0 saturated carbocycles. The molecule has 9 nitrogen and oxygen atoms in total. The molecular weight excluding hydrogens is 442 g/mol. The highest BCUT2D eigenvalue weighted by Crippen LogP contribution is 2.32. The van der Waals surface area contributed by atoms with Crippen molar-refractivity contribution in [2.24, 2.45) is 5.92 Å². The minimum atomic E-state index is -3.65. The standard InChI is InChI=1S/C20H23N3O6S2/c1-29-17-8-7-15(23(25)26)13-16(17)21-20(24)14-9-11-22(12-10-14)31(27,28)19-6-4-3-5-18(19)30-2/h3-8,13-14H,9-12H2,1-2H3,(H,21,24). The second-order valence-corrected chi connectivity index (χ2v) is 9.71. The van der Waals surface area contributed by atoms with Crippen molar-refractivity contribution in [3.8, 4) is 5.75 Å². The van der Waals surface area contributed by atoms with Gasteiger partial charge in [0.15, 0.2) is 0 Å². The van der Waals surface area contributed by atoms with Crippen molar-refractivity contribution >= 4 is 39.1 Å². The summed E-state index contributed by atoms with van der Waals surface area (Å²) in [6.07, 6.45) is 2.53. The topological polar surface area (TPSA) is 119 Å². The lowest BCUT2D eigenvalue weighted by Crippen LogP contribution is -2.41. The quantitative estimate of drug-likeness (QED) is 0.378. The number of nitro groups is 1. The van der Waals surface area contributed by atoms with Crippen LogP contribution in [-0.4, -0.2) is 50.0 Å². The van der Waals surface area contributed by atoms with Gasteiger partial charge in [0.05, 0.1) is 22.6 Å². The molecule has 1 N–H and O–H groups in total. The SMILES string of the molecule is COc1ccc([N+](=O)[O-])cc1NC(=O)C1CCN(S(=O)(=O)c2ccccc2SC)CC1. The number of benzene rings is 2. The van der Waals surface area contributed by atoms with E-state index >= 15 is 0 Å². The van der Waals surface area contributed by atoms with Crippen LogP contribution < -0.4 is 10.1 Å². The number of amides is 1. The predicted octanol–water partition coefficient (Wildman–Crippen LogP) is 3.36. The fourth-order valence-corrected chi connectivity index (χ4v) is 6.06. The number of nitrogens with one attached hydrogen (secondary N) is 1. The van der Waals surface area contributed by atoms with Crippen molar-refractivity contribution in [1.29, 1.82) is 0 Å². The molecule has 1 saturated heterocycles. The number of carbonyl (C=O) groups excluding carboxylic acids is 1. The molecule has 0 radical (unpaired) electrons. The van der Waals surface area contributed by atoms with Gasteiger partial charge in [-0.05, 0) is 37.3 Å². The number of non-ortho nitro benzene ring substituents is 1. The second-order valence-electron chi connectivity index (χ2n) is 6.96. The summed E-state index contributed by atoms with van der Waals surface area (Å²) in [4.78, 5) is 24.2. The first-order valence-corrected chi connectivity index (χ1v) is 12.2. The van der Waals surface area contributed by atoms with Gasteiger partial charge in [-0.2, -0.15) is 4.31 Å². The van der Waals surface area contributed by atoms with E-state index in [0.29, 0.717) is 23.5 Å². The number of ether oxygens (including phenoxy) is 1. The average Bonchev–Trinajstić information content (AvgIpc) is 2.78. The maximum atomic E-state index is 13.1. The van der Waals surface area contributed by atoms with Crippen LogP contribution in [0, 0.1) is 16.0 Å². The highest BCUT2D eigenvalue weighted by Gasteiger charge is 2.33. The molecule has 1 amide bonds. The lowest BCUT2D eigenvalue weighted by atomic mass is 9.97. The summed E-state index contributed by atoms with van der Waals surface area (Å²) in [5, 5.41) is 13.7. The van der Waals surface area contributed by atoms with Crippen LogP contribution in [0.5, 0.6) is 5.75 Å². The molecule has 0 spiro atoms. The number of hydrogen-bond acceptors (Lipinski definition) is 7. The summed E-state index contributed by atoms with van der Waals surface area (Å²) >= 11 is 1.37. The maximum absolute atomic E-state index is 13.1. The van der Waals surface area contributed by atoms with Gasteiger partial charge in [-0.25, -0.2) is 8.42 Å². The Labute approximate surface area is 185 Å². The smallest absolute Gasteiger partial charge is 0.271 e. The van der Waals surface area contributed by atoms with Gasteiger partial charge in [0.25, 0.3) is 5.69 Å². The summed E-state index contributed by atoms with van der Waals surface area (Å²) in [6, 6.07) is 10.8. The number of carbonyl (C=O) groups is 1. The Balaban J connectivity index is 1.69. The number of thioether (sulfide) groups is 1. The molecule has 2 aromatic carbocycles. The Bertz CT molecular complexity index is 1080. The van der Waals surface area contributed by atoms with Crippen molar-refractivity contribution in [2.75, 3.05) is 31.8 Å². The number of methoxy groups -OCH3 is 1. The van der Waals surface area contributed by atoms with Crippen molar-refractivity contribution in [1.82, 2.24) is 4.31 Å². The van der Waals surface area contributed by atoms with Gasteiger partial charge in [0.1, 0.15) is 5.75 Å². The van der Waals surface area contributed by atoms with Gasteiger partial charge >= 0.3 is 0 Å². The molecule has 11 heteroatoms. The fraction of sp³-hybridized carbons (Fsp3) is 0.350. The third-order valence-corrected chi connectivity index (χ3v) is 8.05. The Morgan fingerprint density at radius 3 is 2.52 bits per heavy atom. The number of rotatable bonds is 7. The van der Waals surface area contributed by atoms with Gasteiger partial charge in [0.2, 0.25) is 15.9 Å². The molecule has 0 aliphatic carbocycles. The lowest BCUT2D eigenvalue weighted by Gasteiger charge is -2.31. The van der Waals surface area contributed by atoms with E-state index in [1.54, 1.807) is 24.3 Å². The zero-order valence-electron chi connectivity index (χ0n) is 17.1. The minimum Gasteiger partial charge on any atom is -0.495 e. The number of nitrogens with zero attached hydrogens (tertiary/aromatic N) is 2. The first-order chi connectivity index (χ1) is 14.8. The number of nitro benzene ring substituents is 1. The molecule has 2 aromatic rings. The fourth-order valence-electron chi connectivity index (χ4n) is 3.47. The molecule has 1 heterocycles. The van der Waals surface area contributed by atoms with Gasteiger partial charge in [-0.3, -0.25) is 14.9 Å². The van der Waals surface area contributed by atoms with Crippen LogP contribution in [0.4, 0.5) is 11.4 Å². The Hall–Kier alpha value is -2.63. The van der Waals surface area contributed by atoms with Gasteiger partial charge < -0.3 is 10.1 Å². The van der Waals surface area contributed by atoms with Gasteiger partial charge in [-0.15, -0.1) is 11.8 Å². The Morgan fingerprint density at radius 1 is 1.23 bits per heavy atom. The molecule has 1 fully saturated rings. The van der Waals surface area contributed by atoms with Crippen LogP contribution >= 0.6 is 11.8 Å². The van der Waals surface area contributed by atoms with Gasteiger partial charge in [-0.1, -0.05) is 12.1 Å². The van der Waals surface area contributed by atoms with E-state index in [4.69, 9.17) is 4.74 Å². The number of hydrogen-bond donors (Lipinski definition) is 1. The molecule has 166 valence electrons. The normalized spacial score (nSPS) is 15.4. The Kier molecular flexibility index (Phi) is 7.19. The molecule has 0 unspecified atom stereocenters. The summed E-state index contributed by atoms with van der Waals surface area (Å²) in [5.74, 6) is -0.417. The Morgan fingerprint density at radius 2 is 1.90 bits per heavy atom. The van der Waals surface area contributed by atoms with E-state index < -0.39 is 20.9 Å². The van der Waals surface area contributed by atoms with Crippen molar-refractivity contribution in [3.05, 3.63) is 52.6 Å². The average molecular weight is 466 g/mol. The summed E-state index contributed by atoms with van der Waals surface area (Å²) in [5.41, 5.74) is 0.0510. The molecule has 0 aromatic heterocycles. The van der Waals surface area contributed by atoms with Crippen LogP contribution in [0.2, 0.25) is 0 Å². The van der Waals surface area contributed by atoms with E-state index in [-0.39, 0.29) is 35.3 Å². The van der Waals surface area contributed by atoms with E-state index in [2.05, 4.69) is 5.32 Å². The first kappa shape index (κ1) is 23.0. The molecule has 0 bridgehead atoms. The first-order valence-electron chi connectivity index (χ1n) is 9.54. The van der Waals surface area contributed by atoms with Crippen LogP contribution in [0.3, 0.4) is 0 Å². The number of sulfonamides is 1. The maximum Gasteiger partial charge on any atom is 0.271 e. The summed E-state index contributed by atoms with van der Waals surface area (Å²) in [7, 11) is -2.24. The summed E-state index contributed by atoms with van der Waals surface area (Å²) < 4.78 is 32.7. The second kappa shape index (κ2) is 9.67. The van der Waals surface area contributed by atoms with E-state index in [1.807, 2.05) is 6.26 Å². The van der Waals surface area contributed by atoms with Crippen molar-refractivity contribution in [3.63, 3.8) is 0 Å². The number of anilines is 1. The monoisotopic (exact) mass is 465 g/mol. The number of piperidine rings is 1. The minimum absolute atomic E-state index is 0.163. The third kappa shape index (κ3) is 5.00. The van der Waals surface area contributed by atoms with Crippen LogP contribution in [0.25, 0.3) is 0 Å². The zero-order chi connectivity index (χ0) is 22.6. The molecule has 3 rings (SSSR count). The highest BCUT2D eigenvalue weighted by atomic mass is 32.2. The highest BCUT2D eigenvalue weighted by molar-refractivity contribution is 7.99. The van der Waals surface area contributed by atoms with E-state index in [9.17, 15) is 23.3 Å². The van der Waals surface area contributed by atoms with Crippen LogP contribution in [0.15, 0.2) is 52.3 Å². The van der Waals surface area contributed by atoms with Crippen molar-refractivity contribution in [2.45, 2.75) is 22.6 Å². The summed E-state index contributed by atoms with van der Waals surface area (Å²) in [6.45, 7) is 0.435. The third-order valence-electron chi connectivity index (χ3n) is 5.16. The van der Waals surface area contributed by atoms with E-state index in [1.165, 1.54) is 41.4 Å². The molecule has 1 aliphatic heterocycles.